The topological polar surface area (TPSA) is 96.5 Å². The maximum atomic E-state index is 13.3. The van der Waals surface area contributed by atoms with Crippen LogP contribution in [0.4, 0.5) is 10.5 Å². The number of carbonyl (C=O) groups is 2. The first-order valence-electron chi connectivity index (χ1n) is 11.5. The summed E-state index contributed by atoms with van der Waals surface area (Å²) in [5, 5.41) is 0.108. The second-order valence-electron chi connectivity index (χ2n) is 8.26. The van der Waals surface area contributed by atoms with E-state index in [9.17, 15) is 18.0 Å². The zero-order valence-corrected chi connectivity index (χ0v) is 21.1. The van der Waals surface area contributed by atoms with Crippen molar-refractivity contribution in [1.29, 1.82) is 0 Å². The monoisotopic (exact) mass is 521 g/mol. The SMILES string of the molecule is CCOC(=O)N1CCN(C(=O)COc2ccc(S(=O)(=O)N3CCCc4ccccc43)cc2Cl)CC1. The molecule has 0 atom stereocenters. The Balaban J connectivity index is 1.38. The van der Waals surface area contributed by atoms with Crippen LogP contribution in [0.25, 0.3) is 0 Å². The fourth-order valence-electron chi connectivity index (χ4n) is 4.22. The number of halogens is 1. The van der Waals surface area contributed by atoms with Gasteiger partial charge in [-0.25, -0.2) is 13.2 Å². The molecule has 0 bridgehead atoms. The summed E-state index contributed by atoms with van der Waals surface area (Å²) >= 11 is 6.34. The van der Waals surface area contributed by atoms with E-state index in [1.807, 2.05) is 24.3 Å². The molecule has 2 aromatic rings. The van der Waals surface area contributed by atoms with E-state index >= 15 is 0 Å². The second-order valence-corrected chi connectivity index (χ2v) is 10.5. The summed E-state index contributed by atoms with van der Waals surface area (Å²) < 4.78 is 38.7. The van der Waals surface area contributed by atoms with Gasteiger partial charge in [-0.3, -0.25) is 9.10 Å². The fraction of sp³-hybridized carbons (Fsp3) is 0.417. The van der Waals surface area contributed by atoms with Gasteiger partial charge in [-0.05, 0) is 49.6 Å². The molecule has 2 aromatic carbocycles. The quantitative estimate of drug-likeness (QED) is 0.579. The van der Waals surface area contributed by atoms with Crippen molar-refractivity contribution < 1.29 is 27.5 Å². The molecular formula is C24H28ClN3O6S. The Morgan fingerprint density at radius 2 is 1.71 bits per heavy atom. The number of hydrogen-bond donors (Lipinski definition) is 0. The van der Waals surface area contributed by atoms with Crippen LogP contribution in [0, 0.1) is 0 Å². The summed E-state index contributed by atoms with van der Waals surface area (Å²) in [6.45, 7) is 3.73. The Morgan fingerprint density at radius 3 is 2.43 bits per heavy atom. The third-order valence-corrected chi connectivity index (χ3v) is 8.17. The molecule has 188 valence electrons. The summed E-state index contributed by atoms with van der Waals surface area (Å²) in [4.78, 5) is 27.6. The van der Waals surface area contributed by atoms with Gasteiger partial charge in [-0.2, -0.15) is 0 Å². The van der Waals surface area contributed by atoms with Crippen molar-refractivity contribution in [2.45, 2.75) is 24.7 Å². The van der Waals surface area contributed by atoms with Crippen LogP contribution in [0.3, 0.4) is 0 Å². The van der Waals surface area contributed by atoms with E-state index in [1.54, 1.807) is 16.7 Å². The largest absolute Gasteiger partial charge is 0.482 e. The average molecular weight is 522 g/mol. The number of para-hydroxylation sites is 1. The maximum Gasteiger partial charge on any atom is 0.409 e. The van der Waals surface area contributed by atoms with Gasteiger partial charge in [0.25, 0.3) is 15.9 Å². The van der Waals surface area contributed by atoms with E-state index in [0.29, 0.717) is 45.0 Å². The van der Waals surface area contributed by atoms with Crippen LogP contribution in [-0.4, -0.2) is 76.2 Å². The van der Waals surface area contributed by atoms with E-state index in [-0.39, 0.29) is 34.3 Å². The lowest BCUT2D eigenvalue weighted by molar-refractivity contribution is -0.134. The summed E-state index contributed by atoms with van der Waals surface area (Å²) in [5.74, 6) is -0.0191. The van der Waals surface area contributed by atoms with Gasteiger partial charge in [0.05, 0.1) is 22.2 Å². The van der Waals surface area contributed by atoms with Crippen molar-refractivity contribution >= 4 is 39.3 Å². The van der Waals surface area contributed by atoms with Gasteiger partial charge in [0, 0.05) is 32.7 Å². The van der Waals surface area contributed by atoms with Crippen molar-refractivity contribution in [3.63, 3.8) is 0 Å². The normalized spacial score (nSPS) is 16.0. The van der Waals surface area contributed by atoms with Crippen molar-refractivity contribution in [2.24, 2.45) is 0 Å². The van der Waals surface area contributed by atoms with Gasteiger partial charge in [-0.15, -0.1) is 0 Å². The highest BCUT2D eigenvalue weighted by Gasteiger charge is 2.30. The summed E-state index contributed by atoms with van der Waals surface area (Å²) in [6, 6.07) is 11.7. The molecule has 1 saturated heterocycles. The van der Waals surface area contributed by atoms with E-state index in [0.717, 1.165) is 18.4 Å². The van der Waals surface area contributed by atoms with E-state index in [4.69, 9.17) is 21.1 Å². The summed E-state index contributed by atoms with van der Waals surface area (Å²) in [6.07, 6.45) is 1.19. The number of anilines is 1. The molecule has 0 N–H and O–H groups in total. The Bertz CT molecular complexity index is 1200. The van der Waals surface area contributed by atoms with E-state index in [1.165, 1.54) is 22.5 Å². The molecule has 0 aliphatic carbocycles. The number of nitrogens with zero attached hydrogens (tertiary/aromatic N) is 3. The zero-order chi connectivity index (χ0) is 25.0. The highest BCUT2D eigenvalue weighted by molar-refractivity contribution is 7.92. The number of aryl methyl sites for hydroxylation is 1. The van der Waals surface area contributed by atoms with Crippen molar-refractivity contribution in [2.75, 3.05) is 50.2 Å². The minimum absolute atomic E-state index is 0.0629. The van der Waals surface area contributed by atoms with E-state index in [2.05, 4.69) is 0 Å². The Morgan fingerprint density at radius 1 is 1.00 bits per heavy atom. The number of rotatable bonds is 6. The first-order valence-corrected chi connectivity index (χ1v) is 13.4. The lowest BCUT2D eigenvalue weighted by Gasteiger charge is -2.34. The molecule has 0 saturated carbocycles. The molecule has 2 aliphatic heterocycles. The van der Waals surface area contributed by atoms with Gasteiger partial charge >= 0.3 is 6.09 Å². The lowest BCUT2D eigenvalue weighted by atomic mass is 10.0. The van der Waals surface area contributed by atoms with E-state index < -0.39 is 10.0 Å². The Labute approximate surface area is 210 Å². The maximum absolute atomic E-state index is 13.3. The van der Waals surface area contributed by atoms with Gasteiger partial charge in [0.1, 0.15) is 5.75 Å². The van der Waals surface area contributed by atoms with Crippen molar-refractivity contribution in [1.82, 2.24) is 9.80 Å². The molecule has 9 nitrogen and oxygen atoms in total. The second kappa shape index (κ2) is 10.7. The standard InChI is InChI=1S/C24H28ClN3O6S/c1-2-33-24(30)27-14-12-26(13-15-27)23(29)17-34-22-10-9-19(16-20(22)25)35(31,32)28-11-5-7-18-6-3-4-8-21(18)28/h3-4,6,8-10,16H,2,5,7,11-15,17H2,1H3. The van der Waals surface area contributed by atoms with Crippen LogP contribution in [0.15, 0.2) is 47.4 Å². The Kier molecular flexibility index (Phi) is 7.71. The lowest BCUT2D eigenvalue weighted by Crippen LogP contribution is -2.51. The number of hydrogen-bond acceptors (Lipinski definition) is 6. The van der Waals surface area contributed by atoms with Crippen LogP contribution in [0.5, 0.6) is 5.75 Å². The van der Waals surface area contributed by atoms with Gasteiger partial charge < -0.3 is 19.3 Å². The number of carbonyl (C=O) groups excluding carboxylic acids is 2. The number of piperazine rings is 1. The van der Waals surface area contributed by atoms with Crippen molar-refractivity contribution in [3.05, 3.63) is 53.1 Å². The molecule has 4 rings (SSSR count). The number of sulfonamides is 1. The molecular weight excluding hydrogens is 494 g/mol. The molecule has 2 heterocycles. The molecule has 2 aliphatic rings. The molecule has 2 amide bonds. The predicted octanol–water partition coefficient (Wildman–Crippen LogP) is 3.16. The first kappa shape index (κ1) is 25.1. The van der Waals surface area contributed by atoms with Gasteiger partial charge in [0.15, 0.2) is 6.61 Å². The molecule has 35 heavy (non-hydrogen) atoms. The summed E-state index contributed by atoms with van der Waals surface area (Å²) in [5.41, 5.74) is 1.68. The minimum atomic E-state index is -3.80. The molecule has 1 fully saturated rings. The number of amides is 2. The van der Waals surface area contributed by atoms with Crippen LogP contribution in [-0.2, 0) is 26.0 Å². The third-order valence-electron chi connectivity index (χ3n) is 6.07. The molecule has 0 aromatic heterocycles. The average Bonchev–Trinajstić information content (AvgIpc) is 2.87. The highest BCUT2D eigenvalue weighted by Crippen LogP contribution is 2.34. The first-order chi connectivity index (χ1) is 16.8. The highest BCUT2D eigenvalue weighted by atomic mass is 35.5. The van der Waals surface area contributed by atoms with Gasteiger partial charge in [0.2, 0.25) is 0 Å². The van der Waals surface area contributed by atoms with Crippen LogP contribution < -0.4 is 9.04 Å². The predicted molar refractivity (Wildman–Crippen MR) is 131 cm³/mol. The number of benzene rings is 2. The van der Waals surface area contributed by atoms with Crippen LogP contribution in [0.1, 0.15) is 18.9 Å². The smallest absolute Gasteiger partial charge is 0.409 e. The van der Waals surface area contributed by atoms with Crippen molar-refractivity contribution in [3.8, 4) is 5.75 Å². The fourth-order valence-corrected chi connectivity index (χ4v) is 6.09. The molecule has 0 unspecified atom stereocenters. The number of ether oxygens (including phenoxy) is 2. The molecule has 11 heteroatoms. The Hall–Kier alpha value is -2.98. The number of fused-ring (bicyclic) bond motifs is 1. The summed E-state index contributed by atoms with van der Waals surface area (Å²) in [7, 11) is -3.80. The van der Waals surface area contributed by atoms with Gasteiger partial charge in [-0.1, -0.05) is 29.8 Å². The zero-order valence-electron chi connectivity index (χ0n) is 19.5. The molecule has 0 spiro atoms. The van der Waals surface area contributed by atoms with Crippen LogP contribution in [0.2, 0.25) is 5.02 Å². The third kappa shape index (κ3) is 5.48. The van der Waals surface area contributed by atoms with Crippen LogP contribution >= 0.6 is 11.6 Å². The minimum Gasteiger partial charge on any atom is -0.482 e. The molecule has 0 radical (unpaired) electrons.